The Hall–Kier alpha value is -3.15. The lowest BCUT2D eigenvalue weighted by Crippen LogP contribution is -2.50. The van der Waals surface area contributed by atoms with Crippen molar-refractivity contribution in [3.63, 3.8) is 0 Å². The third kappa shape index (κ3) is 2.86. The minimum Gasteiger partial charge on any atom is -0.465 e. The normalized spacial score (nSPS) is 14.9. The molecule has 1 aromatic carbocycles. The Labute approximate surface area is 139 Å². The summed E-state index contributed by atoms with van der Waals surface area (Å²) in [5.74, 6) is 0.648. The molecule has 24 heavy (non-hydrogen) atoms. The van der Waals surface area contributed by atoms with Gasteiger partial charge in [-0.3, -0.25) is 4.79 Å². The zero-order chi connectivity index (χ0) is 16.4. The molecule has 0 saturated carbocycles. The number of aromatic nitrogens is 3. The molecule has 0 aliphatic carbocycles. The Bertz CT molecular complexity index is 846. The lowest BCUT2D eigenvalue weighted by atomic mass is 10.1. The number of carbonyl (C=O) groups is 1. The third-order valence-corrected chi connectivity index (χ3v) is 4.06. The fourth-order valence-electron chi connectivity index (χ4n) is 2.64. The van der Waals surface area contributed by atoms with Gasteiger partial charge in [0.15, 0.2) is 0 Å². The highest BCUT2D eigenvalue weighted by Gasteiger charge is 2.31. The number of rotatable bonds is 4. The molecule has 1 amide bonds. The Kier molecular flexibility index (Phi) is 3.70. The molecule has 1 aliphatic heterocycles. The maximum absolute atomic E-state index is 12.1. The molecule has 3 aromatic rings. The van der Waals surface area contributed by atoms with Crippen LogP contribution in [0.5, 0.6) is 0 Å². The van der Waals surface area contributed by atoms with Crippen molar-refractivity contribution in [2.75, 3.05) is 13.1 Å². The molecule has 120 valence electrons. The van der Waals surface area contributed by atoms with Crippen LogP contribution in [-0.2, 0) is 4.79 Å². The largest absolute Gasteiger partial charge is 0.465 e. The van der Waals surface area contributed by atoms with Gasteiger partial charge < -0.3 is 9.32 Å². The molecule has 0 unspecified atom stereocenters. The zero-order valence-corrected chi connectivity index (χ0v) is 12.9. The second-order valence-electron chi connectivity index (χ2n) is 5.70. The van der Waals surface area contributed by atoms with Crippen molar-refractivity contribution in [3.8, 4) is 11.3 Å². The van der Waals surface area contributed by atoms with Gasteiger partial charge in [-0.2, -0.15) is 0 Å². The van der Waals surface area contributed by atoms with Crippen LogP contribution in [0.1, 0.15) is 11.8 Å². The Morgan fingerprint density at radius 3 is 2.75 bits per heavy atom. The number of hydrogen-bond donors (Lipinski definition) is 0. The summed E-state index contributed by atoms with van der Waals surface area (Å²) in [6.07, 6.45) is 6.73. The summed E-state index contributed by atoms with van der Waals surface area (Å²) in [5.41, 5.74) is 1.88. The molecular weight excluding hydrogens is 304 g/mol. The molecule has 6 nitrogen and oxygen atoms in total. The van der Waals surface area contributed by atoms with E-state index in [1.807, 2.05) is 47.3 Å². The van der Waals surface area contributed by atoms with Gasteiger partial charge in [-0.05, 0) is 18.2 Å². The predicted molar refractivity (Wildman–Crippen MR) is 88.8 cm³/mol. The average molecular weight is 320 g/mol. The van der Waals surface area contributed by atoms with Crippen LogP contribution in [0.15, 0.2) is 65.4 Å². The first-order chi connectivity index (χ1) is 11.8. The smallest absolute Gasteiger partial charge is 0.246 e. The molecule has 4 rings (SSSR count). The van der Waals surface area contributed by atoms with Crippen molar-refractivity contribution >= 4 is 12.0 Å². The monoisotopic (exact) mass is 320 g/mol. The van der Waals surface area contributed by atoms with Crippen molar-refractivity contribution in [3.05, 3.63) is 66.8 Å². The summed E-state index contributed by atoms with van der Waals surface area (Å²) < 4.78 is 7.01. The van der Waals surface area contributed by atoms with Crippen molar-refractivity contribution in [2.45, 2.75) is 6.04 Å². The molecule has 0 spiro atoms. The van der Waals surface area contributed by atoms with Crippen molar-refractivity contribution in [2.24, 2.45) is 0 Å². The number of amides is 1. The molecule has 2 aromatic heterocycles. The standard InChI is InChI=1S/C18H16N4O2/c23-18(9-8-16-7-4-10-24-16)21-11-15(12-21)22-13-17(19-20-22)14-5-2-1-3-6-14/h1-10,13,15H,11-12H2/b9-8+. The van der Waals surface area contributed by atoms with Crippen LogP contribution >= 0.6 is 0 Å². The number of furan rings is 1. The fraction of sp³-hybridized carbons (Fsp3) is 0.167. The van der Waals surface area contributed by atoms with Crippen LogP contribution in [0.25, 0.3) is 17.3 Å². The highest BCUT2D eigenvalue weighted by molar-refractivity contribution is 5.92. The molecule has 0 N–H and O–H groups in total. The molecule has 1 aliphatic rings. The SMILES string of the molecule is O=C(/C=C/c1ccco1)N1CC(n2cc(-c3ccccc3)nn2)C1. The summed E-state index contributed by atoms with van der Waals surface area (Å²) in [7, 11) is 0. The van der Waals surface area contributed by atoms with Gasteiger partial charge in [0.2, 0.25) is 5.91 Å². The summed E-state index contributed by atoms with van der Waals surface area (Å²) in [4.78, 5) is 13.8. The van der Waals surface area contributed by atoms with Crippen molar-refractivity contribution < 1.29 is 9.21 Å². The minimum atomic E-state index is -0.0222. The number of nitrogens with zero attached hydrogens (tertiary/aromatic N) is 4. The van der Waals surface area contributed by atoms with Gasteiger partial charge in [-0.1, -0.05) is 35.5 Å². The molecule has 3 heterocycles. The van der Waals surface area contributed by atoms with Gasteiger partial charge in [-0.15, -0.1) is 5.10 Å². The van der Waals surface area contributed by atoms with E-state index < -0.39 is 0 Å². The second-order valence-corrected chi connectivity index (χ2v) is 5.70. The van der Waals surface area contributed by atoms with Gasteiger partial charge in [0.1, 0.15) is 11.5 Å². The molecule has 0 bridgehead atoms. The predicted octanol–water partition coefficient (Wildman–Crippen LogP) is 2.63. The molecule has 1 fully saturated rings. The van der Waals surface area contributed by atoms with E-state index in [1.165, 1.54) is 6.08 Å². The van der Waals surface area contributed by atoms with E-state index in [1.54, 1.807) is 23.3 Å². The Balaban J connectivity index is 1.36. The summed E-state index contributed by atoms with van der Waals surface area (Å²) in [5, 5.41) is 8.40. The second kappa shape index (κ2) is 6.16. The molecule has 0 radical (unpaired) electrons. The van der Waals surface area contributed by atoms with Gasteiger partial charge in [0, 0.05) is 24.7 Å². The first-order valence-electron chi connectivity index (χ1n) is 7.77. The molecule has 0 atom stereocenters. The van der Waals surface area contributed by atoms with Crippen LogP contribution in [0.2, 0.25) is 0 Å². The number of likely N-dealkylation sites (tertiary alicyclic amines) is 1. The maximum Gasteiger partial charge on any atom is 0.246 e. The van der Waals surface area contributed by atoms with Crippen LogP contribution < -0.4 is 0 Å². The van der Waals surface area contributed by atoms with E-state index >= 15 is 0 Å². The van der Waals surface area contributed by atoms with E-state index in [4.69, 9.17) is 4.42 Å². The van der Waals surface area contributed by atoms with Crippen LogP contribution in [0.4, 0.5) is 0 Å². The average Bonchev–Trinajstić information content (AvgIpc) is 3.24. The minimum absolute atomic E-state index is 0.0222. The number of benzene rings is 1. The van der Waals surface area contributed by atoms with Crippen LogP contribution in [0, 0.1) is 0 Å². The maximum atomic E-state index is 12.1. The molecule has 1 saturated heterocycles. The van der Waals surface area contributed by atoms with Gasteiger partial charge in [-0.25, -0.2) is 4.68 Å². The van der Waals surface area contributed by atoms with E-state index in [2.05, 4.69) is 10.3 Å². The lowest BCUT2D eigenvalue weighted by molar-refractivity contribution is -0.131. The van der Waals surface area contributed by atoms with E-state index in [-0.39, 0.29) is 11.9 Å². The van der Waals surface area contributed by atoms with E-state index in [9.17, 15) is 4.79 Å². The van der Waals surface area contributed by atoms with Crippen molar-refractivity contribution in [1.29, 1.82) is 0 Å². The summed E-state index contributed by atoms with van der Waals surface area (Å²) in [6.45, 7) is 1.28. The van der Waals surface area contributed by atoms with E-state index in [0.29, 0.717) is 18.8 Å². The number of hydrogen-bond acceptors (Lipinski definition) is 4. The third-order valence-electron chi connectivity index (χ3n) is 4.06. The van der Waals surface area contributed by atoms with E-state index in [0.717, 1.165) is 11.3 Å². The Morgan fingerprint density at radius 1 is 1.17 bits per heavy atom. The fourth-order valence-corrected chi connectivity index (χ4v) is 2.64. The number of carbonyl (C=O) groups excluding carboxylic acids is 1. The van der Waals surface area contributed by atoms with Crippen molar-refractivity contribution in [1.82, 2.24) is 19.9 Å². The quantitative estimate of drug-likeness (QED) is 0.693. The first-order valence-corrected chi connectivity index (χ1v) is 7.77. The van der Waals surface area contributed by atoms with Crippen LogP contribution in [-0.4, -0.2) is 38.9 Å². The Morgan fingerprint density at radius 2 is 2.00 bits per heavy atom. The van der Waals surface area contributed by atoms with Gasteiger partial charge >= 0.3 is 0 Å². The molecule has 6 heteroatoms. The zero-order valence-electron chi connectivity index (χ0n) is 12.9. The molecular formula is C18H16N4O2. The topological polar surface area (TPSA) is 64.2 Å². The van der Waals surface area contributed by atoms with Gasteiger partial charge in [0.05, 0.1) is 18.5 Å². The highest BCUT2D eigenvalue weighted by atomic mass is 16.3. The summed E-state index contributed by atoms with van der Waals surface area (Å²) >= 11 is 0. The lowest BCUT2D eigenvalue weighted by Gasteiger charge is -2.38. The summed E-state index contributed by atoms with van der Waals surface area (Å²) in [6, 6.07) is 13.7. The van der Waals surface area contributed by atoms with Gasteiger partial charge in [0.25, 0.3) is 0 Å². The highest BCUT2D eigenvalue weighted by Crippen LogP contribution is 2.23. The first kappa shape index (κ1) is 14.4. The van der Waals surface area contributed by atoms with Crippen LogP contribution in [0.3, 0.4) is 0 Å².